The molecule has 0 spiro atoms. The molecule has 1 atom stereocenters. The first-order chi connectivity index (χ1) is 9.61. The monoisotopic (exact) mass is 307 g/mol. The van der Waals surface area contributed by atoms with Gasteiger partial charge < -0.3 is 9.64 Å². The zero-order chi connectivity index (χ0) is 16.2. The number of rotatable bonds is 3. The molecule has 0 heterocycles. The van der Waals surface area contributed by atoms with Crippen LogP contribution in [-0.4, -0.2) is 36.6 Å². The van der Waals surface area contributed by atoms with Crippen LogP contribution in [-0.2, 0) is 14.3 Å². The molecule has 1 aromatic rings. The van der Waals surface area contributed by atoms with Crippen molar-refractivity contribution in [3.63, 3.8) is 0 Å². The number of alkyl halides is 3. The van der Waals surface area contributed by atoms with E-state index in [9.17, 15) is 27.2 Å². The van der Waals surface area contributed by atoms with Gasteiger partial charge in [0.25, 0.3) is 0 Å². The van der Waals surface area contributed by atoms with E-state index in [1.807, 2.05) is 0 Å². The maximum atomic E-state index is 12.8. The highest BCUT2D eigenvalue weighted by molar-refractivity contribution is 6.32. The topological polar surface area (TPSA) is 46.6 Å². The number of esters is 1. The molecular weight excluding hydrogens is 294 g/mol. The molecule has 0 saturated heterocycles. The quantitative estimate of drug-likeness (QED) is 0.489. The van der Waals surface area contributed by atoms with Crippen molar-refractivity contribution in [1.29, 1.82) is 0 Å². The minimum atomic E-state index is -4.70. The standard InChI is InChI=1S/C13H13F4NO3/c1-8(9-3-5-10(14)6-4-9)18(2)11(19)12(20)21-7-13(15,16)17/h3-6,8H,7H2,1-2H3/t8-/m1/s1. The summed E-state index contributed by atoms with van der Waals surface area (Å²) in [4.78, 5) is 23.8. The zero-order valence-electron chi connectivity index (χ0n) is 11.3. The van der Waals surface area contributed by atoms with Crippen molar-refractivity contribution in [1.82, 2.24) is 4.90 Å². The van der Waals surface area contributed by atoms with Crippen LogP contribution in [0.4, 0.5) is 17.6 Å². The van der Waals surface area contributed by atoms with E-state index in [1.165, 1.54) is 31.3 Å². The first kappa shape index (κ1) is 16.9. The second kappa shape index (κ2) is 6.55. The van der Waals surface area contributed by atoms with Gasteiger partial charge in [0.05, 0.1) is 6.04 Å². The molecule has 0 fully saturated rings. The Morgan fingerprint density at radius 3 is 2.24 bits per heavy atom. The van der Waals surface area contributed by atoms with Gasteiger partial charge in [-0.1, -0.05) is 12.1 Å². The SMILES string of the molecule is C[C@H](c1ccc(F)cc1)N(C)C(=O)C(=O)OCC(F)(F)F. The summed E-state index contributed by atoms with van der Waals surface area (Å²) in [5.74, 6) is -3.27. The summed E-state index contributed by atoms with van der Waals surface area (Å²) in [7, 11) is 1.24. The van der Waals surface area contributed by atoms with Crippen LogP contribution < -0.4 is 0 Å². The molecule has 0 aliphatic carbocycles. The van der Waals surface area contributed by atoms with Crippen LogP contribution in [0.1, 0.15) is 18.5 Å². The Bertz CT molecular complexity index is 513. The number of nitrogens with zero attached hydrogens (tertiary/aromatic N) is 1. The number of halogens is 4. The molecule has 1 aromatic carbocycles. The molecule has 8 heteroatoms. The molecule has 1 amide bonds. The van der Waals surface area contributed by atoms with Crippen LogP contribution in [0.15, 0.2) is 24.3 Å². The fraction of sp³-hybridized carbons (Fsp3) is 0.385. The van der Waals surface area contributed by atoms with Crippen LogP contribution in [0.25, 0.3) is 0 Å². The second-order valence-corrected chi connectivity index (χ2v) is 4.33. The van der Waals surface area contributed by atoms with Crippen molar-refractivity contribution in [2.45, 2.75) is 19.1 Å². The van der Waals surface area contributed by atoms with Crippen LogP contribution in [0.5, 0.6) is 0 Å². The molecule has 0 radical (unpaired) electrons. The molecule has 0 aliphatic rings. The normalized spacial score (nSPS) is 12.7. The molecule has 0 saturated carbocycles. The summed E-state index contributed by atoms with van der Waals surface area (Å²) in [6.07, 6.45) is -4.70. The Morgan fingerprint density at radius 2 is 1.76 bits per heavy atom. The number of ether oxygens (including phenoxy) is 1. The van der Waals surface area contributed by atoms with Crippen molar-refractivity contribution in [2.75, 3.05) is 13.7 Å². The molecule has 0 unspecified atom stereocenters. The molecule has 4 nitrogen and oxygen atoms in total. The Hall–Kier alpha value is -2.12. The zero-order valence-corrected chi connectivity index (χ0v) is 11.3. The lowest BCUT2D eigenvalue weighted by Crippen LogP contribution is -2.37. The number of amides is 1. The van der Waals surface area contributed by atoms with E-state index < -0.39 is 36.5 Å². The van der Waals surface area contributed by atoms with E-state index in [1.54, 1.807) is 6.92 Å². The van der Waals surface area contributed by atoms with Crippen molar-refractivity contribution in [3.05, 3.63) is 35.6 Å². The van der Waals surface area contributed by atoms with Gasteiger partial charge in [0.1, 0.15) is 5.82 Å². The maximum absolute atomic E-state index is 12.8. The van der Waals surface area contributed by atoms with Crippen molar-refractivity contribution >= 4 is 11.9 Å². The smallest absolute Gasteiger partial charge is 0.422 e. The minimum Gasteiger partial charge on any atom is -0.449 e. The third-order valence-corrected chi connectivity index (χ3v) is 2.80. The largest absolute Gasteiger partial charge is 0.449 e. The van der Waals surface area contributed by atoms with Gasteiger partial charge in [-0.15, -0.1) is 0 Å². The Balaban J connectivity index is 2.68. The average Bonchev–Trinajstić information content (AvgIpc) is 2.42. The van der Waals surface area contributed by atoms with E-state index in [2.05, 4.69) is 4.74 Å². The summed E-state index contributed by atoms with van der Waals surface area (Å²) in [6.45, 7) is -0.279. The lowest BCUT2D eigenvalue weighted by molar-refractivity contribution is -0.189. The van der Waals surface area contributed by atoms with E-state index in [0.29, 0.717) is 5.56 Å². The summed E-state index contributed by atoms with van der Waals surface area (Å²) in [6, 6.07) is 4.53. The number of hydrogen-bond donors (Lipinski definition) is 0. The van der Waals surface area contributed by atoms with Gasteiger partial charge in [0.2, 0.25) is 0 Å². The van der Waals surface area contributed by atoms with Gasteiger partial charge in [0, 0.05) is 7.05 Å². The fourth-order valence-corrected chi connectivity index (χ4v) is 1.49. The third kappa shape index (κ3) is 5.05. The van der Waals surface area contributed by atoms with Crippen LogP contribution >= 0.6 is 0 Å². The van der Waals surface area contributed by atoms with Crippen LogP contribution in [0.3, 0.4) is 0 Å². The van der Waals surface area contributed by atoms with Gasteiger partial charge in [-0.25, -0.2) is 9.18 Å². The predicted octanol–water partition coefficient (Wildman–Crippen LogP) is 2.45. The van der Waals surface area contributed by atoms with E-state index >= 15 is 0 Å². The lowest BCUT2D eigenvalue weighted by Gasteiger charge is -2.24. The molecule has 0 N–H and O–H groups in total. The van der Waals surface area contributed by atoms with Gasteiger partial charge in [-0.3, -0.25) is 4.79 Å². The van der Waals surface area contributed by atoms with Crippen LogP contribution in [0.2, 0.25) is 0 Å². The predicted molar refractivity (Wildman–Crippen MR) is 64.6 cm³/mol. The lowest BCUT2D eigenvalue weighted by atomic mass is 10.1. The average molecular weight is 307 g/mol. The van der Waals surface area contributed by atoms with Crippen molar-refractivity contribution in [3.8, 4) is 0 Å². The van der Waals surface area contributed by atoms with E-state index in [0.717, 1.165) is 4.90 Å². The Labute approximate surface area is 118 Å². The van der Waals surface area contributed by atoms with Gasteiger partial charge in [-0.2, -0.15) is 13.2 Å². The molecular formula is C13H13F4NO3. The number of carbonyl (C=O) groups is 2. The maximum Gasteiger partial charge on any atom is 0.422 e. The molecule has 1 rings (SSSR count). The van der Waals surface area contributed by atoms with E-state index in [4.69, 9.17) is 0 Å². The first-order valence-corrected chi connectivity index (χ1v) is 5.88. The summed E-state index contributed by atoms with van der Waals surface area (Å²) in [5.41, 5.74) is 0.524. The highest BCUT2D eigenvalue weighted by atomic mass is 19.4. The van der Waals surface area contributed by atoms with Gasteiger partial charge >= 0.3 is 18.1 Å². The number of hydrogen-bond acceptors (Lipinski definition) is 3. The van der Waals surface area contributed by atoms with E-state index in [-0.39, 0.29) is 0 Å². The first-order valence-electron chi connectivity index (χ1n) is 5.88. The highest BCUT2D eigenvalue weighted by Gasteiger charge is 2.32. The molecule has 116 valence electrons. The molecule has 0 aliphatic heterocycles. The molecule has 0 bridgehead atoms. The molecule has 0 aromatic heterocycles. The highest BCUT2D eigenvalue weighted by Crippen LogP contribution is 2.20. The number of benzene rings is 1. The summed E-state index contributed by atoms with van der Waals surface area (Å²) >= 11 is 0. The Kier molecular flexibility index (Phi) is 5.28. The number of likely N-dealkylation sites (N-methyl/N-ethyl adjacent to an activating group) is 1. The van der Waals surface area contributed by atoms with Crippen molar-refractivity contribution in [2.24, 2.45) is 0 Å². The second-order valence-electron chi connectivity index (χ2n) is 4.33. The fourth-order valence-electron chi connectivity index (χ4n) is 1.49. The molecule has 21 heavy (non-hydrogen) atoms. The van der Waals surface area contributed by atoms with Crippen LogP contribution in [0, 0.1) is 5.82 Å². The third-order valence-electron chi connectivity index (χ3n) is 2.80. The number of carbonyl (C=O) groups excluding carboxylic acids is 2. The Morgan fingerprint density at radius 1 is 1.24 bits per heavy atom. The summed E-state index contributed by atoms with van der Waals surface area (Å²) in [5, 5.41) is 0. The van der Waals surface area contributed by atoms with Gasteiger partial charge in [-0.05, 0) is 24.6 Å². The summed E-state index contributed by atoms with van der Waals surface area (Å²) < 4.78 is 52.4. The van der Waals surface area contributed by atoms with Gasteiger partial charge in [0.15, 0.2) is 6.61 Å². The van der Waals surface area contributed by atoms with Crippen molar-refractivity contribution < 1.29 is 31.9 Å². The minimum absolute atomic E-state index is 0.468.